The van der Waals surface area contributed by atoms with Gasteiger partial charge in [0.2, 0.25) is 0 Å². The molecule has 1 aromatic heterocycles. The number of piperazine rings is 1. The maximum absolute atomic E-state index is 13.3. The van der Waals surface area contributed by atoms with Gasteiger partial charge in [-0.15, -0.1) is 0 Å². The number of rotatable bonds is 4. The fourth-order valence-corrected chi connectivity index (χ4v) is 2.36. The van der Waals surface area contributed by atoms with Crippen LogP contribution in [0, 0.1) is 11.6 Å². The fraction of sp³-hybridized carbons (Fsp3) is 0.333. The van der Waals surface area contributed by atoms with E-state index in [0.29, 0.717) is 23.0 Å². The van der Waals surface area contributed by atoms with Gasteiger partial charge in [-0.2, -0.15) is 0 Å². The highest BCUT2D eigenvalue weighted by molar-refractivity contribution is 5.77. The van der Waals surface area contributed by atoms with Crippen molar-refractivity contribution < 1.29 is 8.78 Å². The highest BCUT2D eigenvalue weighted by atomic mass is 19.2. The Hall–Kier alpha value is -2.52. The monoisotopic (exact) mass is 335 g/mol. The lowest BCUT2D eigenvalue weighted by Gasteiger charge is -2.32. The molecule has 4 N–H and O–H groups in total. The number of hydrogen-bond acceptors (Lipinski definition) is 7. The average Bonchev–Trinajstić information content (AvgIpc) is 2.57. The minimum absolute atomic E-state index is 0.307. The first-order valence-electron chi connectivity index (χ1n) is 7.55. The van der Waals surface area contributed by atoms with Crippen LogP contribution in [0.1, 0.15) is 0 Å². The molecule has 0 spiro atoms. The molecule has 24 heavy (non-hydrogen) atoms. The van der Waals surface area contributed by atoms with E-state index < -0.39 is 11.6 Å². The predicted molar refractivity (Wildman–Crippen MR) is 88.8 cm³/mol. The standard InChI is InChI=1S/C15H19F2N7/c1-23-4-6-24(7-5-23)22-15-13(18)14(19-9-20-15)21-10-2-3-11(16)12(17)8-10/h2-3,8-9H,4-7,18H2,1H3,(H2,19,20,21,22). The van der Waals surface area contributed by atoms with E-state index in [4.69, 9.17) is 5.73 Å². The summed E-state index contributed by atoms with van der Waals surface area (Å²) in [6.07, 6.45) is 1.36. The van der Waals surface area contributed by atoms with E-state index in [9.17, 15) is 8.78 Å². The highest BCUT2D eigenvalue weighted by Gasteiger charge is 2.16. The van der Waals surface area contributed by atoms with Crippen molar-refractivity contribution in [3.05, 3.63) is 36.2 Å². The summed E-state index contributed by atoms with van der Waals surface area (Å²) < 4.78 is 26.3. The van der Waals surface area contributed by atoms with Crippen LogP contribution in [0.3, 0.4) is 0 Å². The summed E-state index contributed by atoms with van der Waals surface area (Å²) in [6, 6.07) is 3.50. The lowest BCUT2D eigenvalue weighted by molar-refractivity contribution is 0.178. The van der Waals surface area contributed by atoms with Crippen LogP contribution in [0.25, 0.3) is 0 Å². The molecule has 9 heteroatoms. The Morgan fingerprint density at radius 1 is 1.04 bits per heavy atom. The number of nitrogens with one attached hydrogen (secondary N) is 2. The van der Waals surface area contributed by atoms with Crippen LogP contribution < -0.4 is 16.5 Å². The minimum Gasteiger partial charge on any atom is -0.393 e. The van der Waals surface area contributed by atoms with E-state index in [1.165, 1.54) is 12.4 Å². The maximum atomic E-state index is 13.3. The van der Waals surface area contributed by atoms with Gasteiger partial charge in [0.1, 0.15) is 12.0 Å². The molecule has 1 fully saturated rings. The Bertz CT molecular complexity index is 717. The zero-order chi connectivity index (χ0) is 17.1. The van der Waals surface area contributed by atoms with Crippen LogP contribution in [-0.4, -0.2) is 53.1 Å². The first kappa shape index (κ1) is 16.3. The summed E-state index contributed by atoms with van der Waals surface area (Å²) >= 11 is 0. The lowest BCUT2D eigenvalue weighted by Crippen LogP contribution is -2.47. The number of nitrogens with zero attached hydrogens (tertiary/aromatic N) is 4. The van der Waals surface area contributed by atoms with Crippen LogP contribution in [0.15, 0.2) is 24.5 Å². The second-order valence-electron chi connectivity index (χ2n) is 5.64. The molecule has 7 nitrogen and oxygen atoms in total. The summed E-state index contributed by atoms with van der Waals surface area (Å²) in [5, 5.41) is 4.90. The molecule has 0 amide bonds. The number of likely N-dealkylation sites (N-methyl/N-ethyl adjacent to an activating group) is 1. The third-order valence-corrected chi connectivity index (χ3v) is 3.83. The van der Waals surface area contributed by atoms with Crippen molar-refractivity contribution in [3.63, 3.8) is 0 Å². The molecule has 0 radical (unpaired) electrons. The van der Waals surface area contributed by atoms with Gasteiger partial charge < -0.3 is 21.4 Å². The van der Waals surface area contributed by atoms with Crippen molar-refractivity contribution in [3.8, 4) is 0 Å². The van der Waals surface area contributed by atoms with Gasteiger partial charge in [-0.3, -0.25) is 0 Å². The molecular weight excluding hydrogens is 316 g/mol. The summed E-state index contributed by atoms with van der Waals surface area (Å²) in [7, 11) is 2.07. The van der Waals surface area contributed by atoms with Crippen molar-refractivity contribution in [2.24, 2.45) is 0 Å². The van der Waals surface area contributed by atoms with E-state index in [1.807, 2.05) is 5.01 Å². The third kappa shape index (κ3) is 3.69. The quantitative estimate of drug-likeness (QED) is 0.784. The van der Waals surface area contributed by atoms with Crippen molar-refractivity contribution in [1.29, 1.82) is 0 Å². The Labute approximate surface area is 138 Å². The normalized spacial score (nSPS) is 16.1. The van der Waals surface area contributed by atoms with Crippen molar-refractivity contribution in [2.75, 3.05) is 49.7 Å². The molecule has 0 aliphatic carbocycles. The number of benzene rings is 1. The molecule has 1 aliphatic rings. The SMILES string of the molecule is CN1CCN(Nc2ncnc(Nc3ccc(F)c(F)c3)c2N)CC1. The third-order valence-electron chi connectivity index (χ3n) is 3.83. The second-order valence-corrected chi connectivity index (χ2v) is 5.64. The summed E-state index contributed by atoms with van der Waals surface area (Å²) in [6.45, 7) is 3.56. The van der Waals surface area contributed by atoms with E-state index in [-0.39, 0.29) is 0 Å². The van der Waals surface area contributed by atoms with Gasteiger partial charge in [0.05, 0.1) is 0 Å². The average molecular weight is 335 g/mol. The van der Waals surface area contributed by atoms with Crippen molar-refractivity contribution >= 4 is 23.0 Å². The number of nitrogen functional groups attached to an aromatic ring is 1. The molecule has 1 aliphatic heterocycles. The van der Waals surface area contributed by atoms with Crippen molar-refractivity contribution in [1.82, 2.24) is 19.9 Å². The zero-order valence-corrected chi connectivity index (χ0v) is 13.3. The molecule has 2 heterocycles. The first-order valence-corrected chi connectivity index (χ1v) is 7.55. The summed E-state index contributed by atoms with van der Waals surface area (Å²) in [4.78, 5) is 10.4. The smallest absolute Gasteiger partial charge is 0.169 e. The molecular formula is C15H19F2N7. The van der Waals surface area contributed by atoms with Gasteiger partial charge in [0, 0.05) is 37.9 Å². The largest absolute Gasteiger partial charge is 0.393 e. The van der Waals surface area contributed by atoms with E-state index in [0.717, 1.165) is 38.3 Å². The molecule has 0 unspecified atom stereocenters. The fourth-order valence-electron chi connectivity index (χ4n) is 2.36. The number of anilines is 4. The van der Waals surface area contributed by atoms with Crippen LogP contribution in [-0.2, 0) is 0 Å². The topological polar surface area (TPSA) is 82.3 Å². The van der Waals surface area contributed by atoms with Crippen LogP contribution in [0.2, 0.25) is 0 Å². The molecule has 3 rings (SSSR count). The Morgan fingerprint density at radius 3 is 2.46 bits per heavy atom. The van der Waals surface area contributed by atoms with Gasteiger partial charge in [-0.25, -0.2) is 23.8 Å². The van der Waals surface area contributed by atoms with E-state index in [1.54, 1.807) is 0 Å². The first-order chi connectivity index (χ1) is 11.5. The van der Waals surface area contributed by atoms with Gasteiger partial charge in [-0.1, -0.05) is 0 Å². The highest BCUT2D eigenvalue weighted by Crippen LogP contribution is 2.26. The molecule has 0 bridgehead atoms. The molecule has 0 saturated carbocycles. The van der Waals surface area contributed by atoms with Crippen molar-refractivity contribution in [2.45, 2.75) is 0 Å². The van der Waals surface area contributed by atoms with Crippen LogP contribution in [0.4, 0.5) is 31.8 Å². The molecule has 128 valence electrons. The second kappa shape index (κ2) is 6.93. The molecule has 0 atom stereocenters. The Balaban J connectivity index is 1.74. The van der Waals surface area contributed by atoms with Crippen LogP contribution in [0.5, 0.6) is 0 Å². The van der Waals surface area contributed by atoms with Crippen LogP contribution >= 0.6 is 0 Å². The number of halogens is 2. The van der Waals surface area contributed by atoms with E-state index >= 15 is 0 Å². The van der Waals surface area contributed by atoms with E-state index in [2.05, 4.69) is 32.7 Å². The minimum atomic E-state index is -0.941. The number of hydrazine groups is 1. The number of nitrogens with two attached hydrogens (primary N) is 1. The Kier molecular flexibility index (Phi) is 4.72. The molecule has 2 aromatic rings. The summed E-state index contributed by atoms with van der Waals surface area (Å²) in [5.74, 6) is -1.05. The van der Waals surface area contributed by atoms with Gasteiger partial charge in [-0.05, 0) is 19.2 Å². The van der Waals surface area contributed by atoms with Gasteiger partial charge in [0.25, 0.3) is 0 Å². The van der Waals surface area contributed by atoms with Gasteiger partial charge >= 0.3 is 0 Å². The lowest BCUT2D eigenvalue weighted by atomic mass is 10.3. The molecule has 1 saturated heterocycles. The Morgan fingerprint density at radius 2 is 1.75 bits per heavy atom. The molecule has 1 aromatic carbocycles. The number of aromatic nitrogens is 2. The van der Waals surface area contributed by atoms with Gasteiger partial charge in [0.15, 0.2) is 23.3 Å². The summed E-state index contributed by atoms with van der Waals surface area (Å²) in [5.41, 5.74) is 9.92. The maximum Gasteiger partial charge on any atom is 0.169 e. The number of hydrogen-bond donors (Lipinski definition) is 3. The predicted octanol–water partition coefficient (Wildman–Crippen LogP) is 1.65. The zero-order valence-electron chi connectivity index (χ0n) is 13.3.